The summed E-state index contributed by atoms with van der Waals surface area (Å²) >= 11 is 1.64. The highest BCUT2D eigenvalue weighted by Gasteiger charge is 2.13. The number of hydrogen-bond donors (Lipinski definition) is 1. The molecule has 0 unspecified atom stereocenters. The molecule has 6 nitrogen and oxygen atoms in total. The molecule has 0 saturated heterocycles. The highest BCUT2D eigenvalue weighted by Crippen LogP contribution is 2.23. The second kappa shape index (κ2) is 7.20. The predicted octanol–water partition coefficient (Wildman–Crippen LogP) is 3.23. The molecular weight excluding hydrogens is 362 g/mol. The number of carbonyl (C=O) groups excluding carboxylic acids is 1. The van der Waals surface area contributed by atoms with E-state index in [1.165, 1.54) is 6.07 Å². The van der Waals surface area contributed by atoms with Crippen molar-refractivity contribution in [2.45, 2.75) is 6.42 Å². The number of nitrogens with one attached hydrogen (secondary N) is 1. The fourth-order valence-corrected chi connectivity index (χ4v) is 3.55. The van der Waals surface area contributed by atoms with Crippen molar-refractivity contribution in [3.8, 4) is 10.6 Å². The maximum atomic E-state index is 12.3. The molecule has 0 aliphatic rings. The number of amides is 1. The Balaban J connectivity index is 1.44. The van der Waals surface area contributed by atoms with Crippen molar-refractivity contribution in [3.05, 3.63) is 75.8 Å². The van der Waals surface area contributed by atoms with Gasteiger partial charge in [-0.05, 0) is 23.6 Å². The second-order valence-electron chi connectivity index (χ2n) is 6.11. The van der Waals surface area contributed by atoms with Crippen LogP contribution in [-0.4, -0.2) is 22.0 Å². The molecule has 0 atom stereocenters. The summed E-state index contributed by atoms with van der Waals surface area (Å²) in [4.78, 5) is 30.2. The molecule has 136 valence electrons. The fourth-order valence-electron chi connectivity index (χ4n) is 2.87. The molecule has 0 aliphatic carbocycles. The maximum Gasteiger partial charge on any atom is 0.287 e. The topological polar surface area (TPSA) is 77.1 Å². The molecule has 0 saturated carbocycles. The van der Waals surface area contributed by atoms with E-state index < -0.39 is 5.91 Å². The lowest BCUT2D eigenvalue weighted by Crippen LogP contribution is -2.27. The number of fused-ring (bicyclic) bond motifs is 1. The van der Waals surface area contributed by atoms with Gasteiger partial charge in [0, 0.05) is 32.3 Å². The van der Waals surface area contributed by atoms with E-state index in [0.717, 1.165) is 16.4 Å². The Morgan fingerprint density at radius 1 is 1.26 bits per heavy atom. The zero-order valence-corrected chi connectivity index (χ0v) is 15.5. The molecular formula is C20H17N3O3S. The van der Waals surface area contributed by atoms with E-state index in [-0.39, 0.29) is 11.2 Å². The van der Waals surface area contributed by atoms with Crippen molar-refractivity contribution in [1.82, 2.24) is 14.9 Å². The molecule has 0 bridgehead atoms. The van der Waals surface area contributed by atoms with Crippen LogP contribution in [0.2, 0.25) is 0 Å². The average molecular weight is 379 g/mol. The number of benzene rings is 1. The molecule has 3 aromatic heterocycles. The number of rotatable bonds is 5. The maximum absolute atomic E-state index is 12.3. The Bertz CT molecular complexity index is 1160. The smallest absolute Gasteiger partial charge is 0.287 e. The third-order valence-corrected chi connectivity index (χ3v) is 5.13. The van der Waals surface area contributed by atoms with Gasteiger partial charge in [0.15, 0.2) is 11.2 Å². The standard InChI is InChI=1S/C20H17N3O3S/c1-23-12-14(18-7-4-10-27-18)22-19(23)8-9-21-20(25)17-11-15(24)13-5-2-3-6-16(13)26-17/h2-7,10-12H,8-9H2,1H3,(H,21,25). The van der Waals surface area contributed by atoms with Crippen LogP contribution in [0.25, 0.3) is 21.5 Å². The minimum atomic E-state index is -0.412. The predicted molar refractivity (Wildman–Crippen MR) is 105 cm³/mol. The minimum Gasteiger partial charge on any atom is -0.451 e. The van der Waals surface area contributed by atoms with Gasteiger partial charge in [-0.15, -0.1) is 11.3 Å². The first kappa shape index (κ1) is 17.2. The van der Waals surface area contributed by atoms with Gasteiger partial charge in [-0.3, -0.25) is 9.59 Å². The summed E-state index contributed by atoms with van der Waals surface area (Å²) < 4.78 is 7.51. The zero-order valence-electron chi connectivity index (χ0n) is 14.6. The SMILES string of the molecule is Cn1cc(-c2cccs2)nc1CCNC(=O)c1cc(=O)c2ccccc2o1. The normalized spacial score (nSPS) is 11.0. The van der Waals surface area contributed by atoms with E-state index >= 15 is 0 Å². The summed E-state index contributed by atoms with van der Waals surface area (Å²) in [5.74, 6) is 0.474. The van der Waals surface area contributed by atoms with E-state index in [1.807, 2.05) is 35.3 Å². The van der Waals surface area contributed by atoms with Crippen molar-refractivity contribution in [1.29, 1.82) is 0 Å². The zero-order chi connectivity index (χ0) is 18.8. The molecule has 0 spiro atoms. The molecule has 1 aromatic carbocycles. The van der Waals surface area contributed by atoms with Crippen LogP contribution >= 0.6 is 11.3 Å². The van der Waals surface area contributed by atoms with Crippen LogP contribution in [0.1, 0.15) is 16.4 Å². The molecule has 3 heterocycles. The van der Waals surface area contributed by atoms with Crippen molar-refractivity contribution in [3.63, 3.8) is 0 Å². The first-order valence-corrected chi connectivity index (χ1v) is 9.37. The average Bonchev–Trinajstić information content (AvgIpc) is 3.32. The van der Waals surface area contributed by atoms with E-state index in [2.05, 4.69) is 10.3 Å². The van der Waals surface area contributed by atoms with Gasteiger partial charge >= 0.3 is 0 Å². The Kier molecular flexibility index (Phi) is 4.60. The van der Waals surface area contributed by atoms with Crippen LogP contribution in [-0.2, 0) is 13.5 Å². The number of carbonyl (C=O) groups is 1. The largest absolute Gasteiger partial charge is 0.451 e. The third kappa shape index (κ3) is 3.54. The molecule has 4 aromatic rings. The van der Waals surface area contributed by atoms with Crippen LogP contribution in [0.4, 0.5) is 0 Å². The van der Waals surface area contributed by atoms with Gasteiger partial charge in [-0.1, -0.05) is 18.2 Å². The highest BCUT2D eigenvalue weighted by molar-refractivity contribution is 7.13. The molecule has 0 fully saturated rings. The van der Waals surface area contributed by atoms with Crippen LogP contribution in [0, 0.1) is 0 Å². The summed E-state index contributed by atoms with van der Waals surface area (Å²) in [6.07, 6.45) is 2.55. The summed E-state index contributed by atoms with van der Waals surface area (Å²) in [5.41, 5.74) is 1.10. The van der Waals surface area contributed by atoms with E-state index in [9.17, 15) is 9.59 Å². The lowest BCUT2D eigenvalue weighted by atomic mass is 10.2. The number of thiophene rings is 1. The number of para-hydroxylation sites is 1. The number of aryl methyl sites for hydroxylation is 1. The minimum absolute atomic E-state index is 0.0119. The molecule has 1 amide bonds. The van der Waals surface area contributed by atoms with E-state index in [0.29, 0.717) is 23.9 Å². The quantitative estimate of drug-likeness (QED) is 0.578. The number of nitrogens with zero attached hydrogens (tertiary/aromatic N) is 2. The lowest BCUT2D eigenvalue weighted by Gasteiger charge is -2.05. The Morgan fingerprint density at radius 3 is 2.93 bits per heavy atom. The third-order valence-electron chi connectivity index (χ3n) is 4.24. The fraction of sp³-hybridized carbons (Fsp3) is 0.150. The molecule has 7 heteroatoms. The summed E-state index contributed by atoms with van der Waals surface area (Å²) in [6.45, 7) is 0.393. The number of imidazole rings is 1. The van der Waals surface area contributed by atoms with Crippen molar-refractivity contribution in [2.75, 3.05) is 6.54 Å². The van der Waals surface area contributed by atoms with Crippen molar-refractivity contribution in [2.24, 2.45) is 7.05 Å². The first-order valence-electron chi connectivity index (χ1n) is 8.49. The highest BCUT2D eigenvalue weighted by atomic mass is 32.1. The Hall–Kier alpha value is -3.19. The number of aromatic nitrogens is 2. The summed E-state index contributed by atoms with van der Waals surface area (Å²) in [6, 6.07) is 12.1. The molecule has 27 heavy (non-hydrogen) atoms. The van der Waals surface area contributed by atoms with Gasteiger partial charge < -0.3 is 14.3 Å². The Morgan fingerprint density at radius 2 is 2.11 bits per heavy atom. The van der Waals surface area contributed by atoms with Crippen LogP contribution in [0.3, 0.4) is 0 Å². The summed E-state index contributed by atoms with van der Waals surface area (Å²) in [7, 11) is 1.93. The van der Waals surface area contributed by atoms with Gasteiger partial charge in [-0.2, -0.15) is 0 Å². The van der Waals surface area contributed by atoms with Gasteiger partial charge in [-0.25, -0.2) is 4.98 Å². The number of hydrogen-bond acceptors (Lipinski definition) is 5. The van der Waals surface area contributed by atoms with Gasteiger partial charge in [0.05, 0.1) is 16.0 Å². The molecule has 4 rings (SSSR count). The van der Waals surface area contributed by atoms with E-state index in [1.54, 1.807) is 35.6 Å². The van der Waals surface area contributed by atoms with Crippen LogP contribution in [0.15, 0.2) is 63.3 Å². The van der Waals surface area contributed by atoms with Crippen LogP contribution in [0.5, 0.6) is 0 Å². The molecule has 1 N–H and O–H groups in total. The van der Waals surface area contributed by atoms with Gasteiger partial charge in [0.25, 0.3) is 5.91 Å². The van der Waals surface area contributed by atoms with Gasteiger partial charge in [0.2, 0.25) is 0 Å². The van der Waals surface area contributed by atoms with Crippen LogP contribution < -0.4 is 10.7 Å². The lowest BCUT2D eigenvalue weighted by molar-refractivity contribution is 0.0927. The molecule has 0 aliphatic heterocycles. The Labute approximate surface area is 159 Å². The summed E-state index contributed by atoms with van der Waals surface area (Å²) in [5, 5.41) is 5.26. The molecule has 0 radical (unpaired) electrons. The monoisotopic (exact) mass is 379 g/mol. The van der Waals surface area contributed by atoms with Crippen molar-refractivity contribution >= 4 is 28.2 Å². The van der Waals surface area contributed by atoms with Gasteiger partial charge in [0.1, 0.15) is 11.4 Å². The van der Waals surface area contributed by atoms with Crippen molar-refractivity contribution < 1.29 is 9.21 Å². The second-order valence-corrected chi connectivity index (χ2v) is 7.06. The first-order chi connectivity index (χ1) is 13.1. The van der Waals surface area contributed by atoms with E-state index in [4.69, 9.17) is 4.42 Å².